The second-order valence-electron chi connectivity index (χ2n) is 7.62. The summed E-state index contributed by atoms with van der Waals surface area (Å²) in [5.74, 6) is -0.288. The maximum absolute atomic E-state index is 14.9. The van der Waals surface area contributed by atoms with Gasteiger partial charge in [-0.25, -0.2) is 4.39 Å². The molecule has 0 aliphatic heterocycles. The van der Waals surface area contributed by atoms with Crippen LogP contribution in [-0.4, -0.2) is 0 Å². The first-order chi connectivity index (χ1) is 14.1. The molecular formula is C26H25FOS. The van der Waals surface area contributed by atoms with E-state index >= 15 is 0 Å². The Morgan fingerprint density at radius 2 is 1.52 bits per heavy atom. The topological polar surface area (TPSA) is 13.1 Å². The van der Waals surface area contributed by atoms with E-state index in [2.05, 4.69) is 43.3 Å². The summed E-state index contributed by atoms with van der Waals surface area (Å²) < 4.78 is 21.0. The summed E-state index contributed by atoms with van der Waals surface area (Å²) in [7, 11) is 0. The van der Waals surface area contributed by atoms with Gasteiger partial charge >= 0.3 is 0 Å². The minimum absolute atomic E-state index is 0.265. The fraction of sp³-hybridized carbons (Fsp3) is 0.269. The highest BCUT2D eigenvalue weighted by Crippen LogP contribution is 2.33. The van der Waals surface area contributed by atoms with Gasteiger partial charge in [-0.1, -0.05) is 75.2 Å². The molecule has 0 fully saturated rings. The van der Waals surface area contributed by atoms with Crippen molar-refractivity contribution in [2.45, 2.75) is 46.0 Å². The molecule has 0 bridgehead atoms. The van der Waals surface area contributed by atoms with Gasteiger partial charge in [-0.05, 0) is 65.2 Å². The molecule has 1 heterocycles. The van der Waals surface area contributed by atoms with Crippen LogP contribution in [0.15, 0.2) is 59.0 Å². The van der Waals surface area contributed by atoms with Gasteiger partial charge in [0, 0.05) is 10.8 Å². The fourth-order valence-corrected chi connectivity index (χ4v) is 4.14. The first kappa shape index (κ1) is 19.8. The lowest BCUT2D eigenvalue weighted by Crippen LogP contribution is -1.92. The molecule has 0 unspecified atom stereocenters. The molecule has 0 spiro atoms. The standard InChI is InChI=1S/C26H25FOS/c1-3-5-7-17-8-10-18(11-9-17)20-13-14-21-22-15-12-19(6-4-2)24(27)25(22)28-26(29)23(21)16-20/h8-16H,3-7H2,1-2H3. The van der Waals surface area contributed by atoms with Crippen LogP contribution >= 0.6 is 12.2 Å². The van der Waals surface area contributed by atoms with Gasteiger partial charge in [-0.15, -0.1) is 0 Å². The van der Waals surface area contributed by atoms with E-state index in [-0.39, 0.29) is 11.4 Å². The van der Waals surface area contributed by atoms with Crippen LogP contribution in [0.2, 0.25) is 0 Å². The number of fused-ring (bicyclic) bond motifs is 3. The number of aryl methyl sites for hydroxylation is 2. The molecule has 0 radical (unpaired) electrons. The Kier molecular flexibility index (Phi) is 5.77. The maximum Gasteiger partial charge on any atom is 0.198 e. The van der Waals surface area contributed by atoms with E-state index in [1.165, 1.54) is 18.4 Å². The predicted molar refractivity (Wildman–Crippen MR) is 123 cm³/mol. The number of unbranched alkanes of at least 4 members (excludes halogenated alkanes) is 1. The van der Waals surface area contributed by atoms with E-state index in [1.54, 1.807) is 0 Å². The minimum Gasteiger partial charge on any atom is -0.441 e. The maximum atomic E-state index is 14.9. The molecule has 3 aromatic carbocycles. The molecule has 3 heteroatoms. The summed E-state index contributed by atoms with van der Waals surface area (Å²) in [6, 6.07) is 18.7. The molecule has 4 rings (SSSR count). The van der Waals surface area contributed by atoms with Crippen LogP contribution in [0.4, 0.5) is 4.39 Å². The molecule has 29 heavy (non-hydrogen) atoms. The number of hydrogen-bond acceptors (Lipinski definition) is 2. The summed E-state index contributed by atoms with van der Waals surface area (Å²) in [4.78, 5) is 0. The molecule has 0 saturated heterocycles. The molecule has 0 atom stereocenters. The quantitative estimate of drug-likeness (QED) is 0.236. The second kappa shape index (κ2) is 8.46. The average Bonchev–Trinajstić information content (AvgIpc) is 2.75. The Labute approximate surface area is 176 Å². The molecule has 0 amide bonds. The third-order valence-electron chi connectivity index (χ3n) is 5.53. The van der Waals surface area contributed by atoms with Gasteiger partial charge in [0.05, 0.1) is 0 Å². The van der Waals surface area contributed by atoms with Gasteiger partial charge in [0.2, 0.25) is 0 Å². The summed E-state index contributed by atoms with van der Waals surface area (Å²) in [5.41, 5.74) is 4.54. The Balaban J connectivity index is 1.80. The van der Waals surface area contributed by atoms with E-state index in [9.17, 15) is 4.39 Å². The Morgan fingerprint density at radius 3 is 2.24 bits per heavy atom. The van der Waals surface area contributed by atoms with Crippen molar-refractivity contribution in [3.05, 3.63) is 76.2 Å². The second-order valence-corrected chi connectivity index (χ2v) is 7.99. The lowest BCUT2D eigenvalue weighted by molar-refractivity contribution is 0.538. The number of benzene rings is 3. The Morgan fingerprint density at radius 1 is 0.793 bits per heavy atom. The molecule has 0 aliphatic rings. The van der Waals surface area contributed by atoms with E-state index in [0.717, 1.165) is 40.1 Å². The summed E-state index contributed by atoms with van der Waals surface area (Å²) >= 11 is 5.49. The van der Waals surface area contributed by atoms with E-state index < -0.39 is 0 Å². The lowest BCUT2D eigenvalue weighted by atomic mass is 9.98. The SMILES string of the molecule is CCCCc1ccc(-c2ccc3c(c2)c(=S)oc2c(F)c(CCC)ccc23)cc1. The highest BCUT2D eigenvalue weighted by atomic mass is 32.1. The zero-order valence-electron chi connectivity index (χ0n) is 16.9. The third-order valence-corrected chi connectivity index (χ3v) is 5.83. The number of rotatable bonds is 6. The van der Waals surface area contributed by atoms with E-state index in [4.69, 9.17) is 16.6 Å². The Bertz CT molecular complexity index is 1220. The molecule has 1 nitrogen and oxygen atoms in total. The molecule has 0 saturated carbocycles. The summed E-state index contributed by atoms with van der Waals surface area (Å²) in [6.45, 7) is 4.25. The predicted octanol–water partition coefficient (Wildman–Crippen LogP) is 8.42. The molecule has 148 valence electrons. The first-order valence-corrected chi connectivity index (χ1v) is 10.8. The van der Waals surface area contributed by atoms with Crippen molar-refractivity contribution >= 4 is 34.0 Å². The van der Waals surface area contributed by atoms with Crippen LogP contribution in [-0.2, 0) is 12.8 Å². The highest BCUT2D eigenvalue weighted by Gasteiger charge is 2.13. The van der Waals surface area contributed by atoms with Crippen molar-refractivity contribution in [1.82, 2.24) is 0 Å². The van der Waals surface area contributed by atoms with Crippen LogP contribution < -0.4 is 0 Å². The summed E-state index contributed by atoms with van der Waals surface area (Å²) in [6.07, 6.45) is 5.10. The van der Waals surface area contributed by atoms with Gasteiger partial charge in [0.25, 0.3) is 0 Å². The Hall–Kier alpha value is -2.52. The normalized spacial score (nSPS) is 11.4. The molecule has 0 aliphatic carbocycles. The van der Waals surface area contributed by atoms with Crippen LogP contribution in [0.3, 0.4) is 0 Å². The fourth-order valence-electron chi connectivity index (χ4n) is 3.89. The number of halogens is 1. The average molecular weight is 405 g/mol. The van der Waals surface area contributed by atoms with Crippen LogP contribution in [0.1, 0.15) is 44.2 Å². The third kappa shape index (κ3) is 3.84. The minimum atomic E-state index is -0.288. The zero-order valence-corrected chi connectivity index (χ0v) is 17.7. The van der Waals surface area contributed by atoms with E-state index in [0.29, 0.717) is 16.7 Å². The van der Waals surface area contributed by atoms with Crippen molar-refractivity contribution in [2.75, 3.05) is 0 Å². The largest absolute Gasteiger partial charge is 0.441 e. The van der Waals surface area contributed by atoms with Crippen LogP contribution in [0, 0.1) is 10.5 Å². The first-order valence-electron chi connectivity index (χ1n) is 10.4. The molecule has 0 N–H and O–H groups in total. The monoisotopic (exact) mass is 404 g/mol. The van der Waals surface area contributed by atoms with Gasteiger partial charge in [-0.2, -0.15) is 0 Å². The van der Waals surface area contributed by atoms with E-state index in [1.807, 2.05) is 25.1 Å². The zero-order chi connectivity index (χ0) is 20.4. The summed E-state index contributed by atoms with van der Waals surface area (Å²) in [5, 5.41) is 2.55. The van der Waals surface area contributed by atoms with Crippen molar-refractivity contribution in [3.8, 4) is 11.1 Å². The molecular weight excluding hydrogens is 379 g/mol. The van der Waals surface area contributed by atoms with Gasteiger partial charge in [-0.3, -0.25) is 0 Å². The smallest absolute Gasteiger partial charge is 0.198 e. The highest BCUT2D eigenvalue weighted by molar-refractivity contribution is 7.71. The number of hydrogen-bond donors (Lipinski definition) is 0. The van der Waals surface area contributed by atoms with Crippen molar-refractivity contribution in [3.63, 3.8) is 0 Å². The van der Waals surface area contributed by atoms with Gasteiger partial charge in [0.1, 0.15) is 0 Å². The van der Waals surface area contributed by atoms with Crippen molar-refractivity contribution in [1.29, 1.82) is 0 Å². The van der Waals surface area contributed by atoms with Crippen LogP contribution in [0.5, 0.6) is 0 Å². The van der Waals surface area contributed by atoms with Crippen molar-refractivity contribution < 1.29 is 8.81 Å². The lowest BCUT2D eigenvalue weighted by Gasteiger charge is -2.10. The molecule has 1 aromatic heterocycles. The van der Waals surface area contributed by atoms with Crippen molar-refractivity contribution in [2.24, 2.45) is 0 Å². The van der Waals surface area contributed by atoms with Gasteiger partial charge in [0.15, 0.2) is 16.1 Å². The van der Waals surface area contributed by atoms with Crippen LogP contribution in [0.25, 0.3) is 32.9 Å². The molecule has 4 aromatic rings. The van der Waals surface area contributed by atoms with Gasteiger partial charge < -0.3 is 4.42 Å².